The smallest absolute Gasteiger partial charge is 0.204 e. The van der Waals surface area contributed by atoms with Crippen LogP contribution in [0.1, 0.15) is 11.3 Å². The summed E-state index contributed by atoms with van der Waals surface area (Å²) in [5.41, 5.74) is 2.31. The molecule has 0 fully saturated rings. The maximum Gasteiger partial charge on any atom is 0.204 e. The minimum absolute atomic E-state index is 0.235. The van der Waals surface area contributed by atoms with E-state index in [1.54, 1.807) is 25.3 Å². The third-order valence-electron chi connectivity index (χ3n) is 3.16. The summed E-state index contributed by atoms with van der Waals surface area (Å²) in [7, 11) is 0. The molecule has 0 saturated carbocycles. The molecule has 2 aromatic heterocycles. The number of tetrazole rings is 1. The quantitative estimate of drug-likeness (QED) is 0.738. The standard InChI is InChI=1S/C15H14FN5/c1-11-10-12(5-6-14(11)16)15-18-20-21(19-15)9-7-13-4-2-3-8-17-13/h2-6,8,10H,7,9H2,1H3. The largest absolute Gasteiger partial charge is 0.261 e. The molecule has 1 aromatic carbocycles. The van der Waals surface area contributed by atoms with E-state index in [1.807, 2.05) is 18.2 Å². The van der Waals surface area contributed by atoms with Crippen molar-refractivity contribution in [2.45, 2.75) is 19.9 Å². The Kier molecular flexibility index (Phi) is 3.68. The normalized spacial score (nSPS) is 10.8. The zero-order chi connectivity index (χ0) is 14.7. The molecule has 0 unspecified atom stereocenters. The Morgan fingerprint density at radius 1 is 1.19 bits per heavy atom. The Morgan fingerprint density at radius 2 is 2.10 bits per heavy atom. The summed E-state index contributed by atoms with van der Waals surface area (Å²) in [6.07, 6.45) is 2.50. The summed E-state index contributed by atoms with van der Waals surface area (Å²) < 4.78 is 13.3. The first-order valence-corrected chi connectivity index (χ1v) is 6.66. The Labute approximate surface area is 121 Å². The van der Waals surface area contributed by atoms with Crippen molar-refractivity contribution in [1.82, 2.24) is 25.2 Å². The molecule has 2 heterocycles. The van der Waals surface area contributed by atoms with Gasteiger partial charge >= 0.3 is 0 Å². The number of halogens is 1. The summed E-state index contributed by atoms with van der Waals surface area (Å²) in [5.74, 6) is 0.264. The first-order chi connectivity index (χ1) is 10.2. The molecule has 5 nitrogen and oxygen atoms in total. The highest BCUT2D eigenvalue weighted by atomic mass is 19.1. The van der Waals surface area contributed by atoms with Gasteiger partial charge in [0.05, 0.1) is 6.54 Å². The van der Waals surface area contributed by atoms with Gasteiger partial charge in [0.25, 0.3) is 0 Å². The van der Waals surface area contributed by atoms with E-state index in [0.29, 0.717) is 17.9 Å². The summed E-state index contributed by atoms with van der Waals surface area (Å²) in [5, 5.41) is 12.3. The number of benzene rings is 1. The fourth-order valence-corrected chi connectivity index (χ4v) is 2.00. The van der Waals surface area contributed by atoms with Crippen LogP contribution in [-0.4, -0.2) is 25.2 Å². The van der Waals surface area contributed by atoms with Crippen molar-refractivity contribution in [3.63, 3.8) is 0 Å². The average Bonchev–Trinajstić information content (AvgIpc) is 2.98. The molecule has 0 spiro atoms. The molecule has 6 heteroatoms. The second-order valence-corrected chi connectivity index (χ2v) is 4.74. The highest BCUT2D eigenvalue weighted by Gasteiger charge is 2.08. The summed E-state index contributed by atoms with van der Waals surface area (Å²) in [6, 6.07) is 10.6. The molecule has 0 aliphatic heterocycles. The van der Waals surface area contributed by atoms with E-state index in [-0.39, 0.29) is 5.82 Å². The number of aromatic nitrogens is 5. The number of pyridine rings is 1. The third kappa shape index (κ3) is 3.10. The van der Waals surface area contributed by atoms with Gasteiger partial charge in [0.15, 0.2) is 0 Å². The van der Waals surface area contributed by atoms with Crippen molar-refractivity contribution in [3.8, 4) is 11.4 Å². The number of rotatable bonds is 4. The van der Waals surface area contributed by atoms with E-state index < -0.39 is 0 Å². The summed E-state index contributed by atoms with van der Waals surface area (Å²) in [6.45, 7) is 2.31. The maximum atomic E-state index is 13.3. The van der Waals surface area contributed by atoms with Gasteiger partial charge in [0, 0.05) is 23.9 Å². The molecule has 106 valence electrons. The molecule has 0 saturated heterocycles. The van der Waals surface area contributed by atoms with Crippen LogP contribution in [-0.2, 0) is 13.0 Å². The predicted molar refractivity (Wildman–Crippen MR) is 75.9 cm³/mol. The highest BCUT2D eigenvalue weighted by Crippen LogP contribution is 2.17. The molecule has 0 aliphatic rings. The van der Waals surface area contributed by atoms with Crippen LogP contribution in [0, 0.1) is 12.7 Å². The molecule has 0 aliphatic carbocycles. The lowest BCUT2D eigenvalue weighted by Gasteiger charge is -1.99. The van der Waals surface area contributed by atoms with Crippen LogP contribution < -0.4 is 0 Å². The second-order valence-electron chi connectivity index (χ2n) is 4.74. The maximum absolute atomic E-state index is 13.3. The minimum Gasteiger partial charge on any atom is -0.261 e. The molecule has 3 aromatic rings. The lowest BCUT2D eigenvalue weighted by atomic mass is 10.1. The average molecular weight is 283 g/mol. The van der Waals surface area contributed by atoms with Gasteiger partial charge in [-0.25, -0.2) is 4.39 Å². The van der Waals surface area contributed by atoms with Crippen LogP contribution in [0.5, 0.6) is 0 Å². The lowest BCUT2D eigenvalue weighted by Crippen LogP contribution is -2.06. The van der Waals surface area contributed by atoms with Crippen molar-refractivity contribution < 1.29 is 4.39 Å². The zero-order valence-corrected chi connectivity index (χ0v) is 11.6. The SMILES string of the molecule is Cc1cc(-c2nnn(CCc3ccccn3)n2)ccc1F. The van der Waals surface area contributed by atoms with Crippen LogP contribution in [0.2, 0.25) is 0 Å². The molecular formula is C15H14FN5. The second kappa shape index (κ2) is 5.78. The fraction of sp³-hybridized carbons (Fsp3) is 0.200. The molecule has 0 bridgehead atoms. The molecule has 3 rings (SSSR count). The molecule has 0 atom stereocenters. The van der Waals surface area contributed by atoms with E-state index in [4.69, 9.17) is 0 Å². The van der Waals surface area contributed by atoms with E-state index in [2.05, 4.69) is 20.4 Å². The van der Waals surface area contributed by atoms with E-state index in [0.717, 1.165) is 17.7 Å². The predicted octanol–water partition coefficient (Wildman–Crippen LogP) is 2.43. The number of hydrogen-bond acceptors (Lipinski definition) is 4. The van der Waals surface area contributed by atoms with Crippen LogP contribution in [0.3, 0.4) is 0 Å². The van der Waals surface area contributed by atoms with Crippen LogP contribution >= 0.6 is 0 Å². The van der Waals surface area contributed by atoms with Crippen molar-refractivity contribution >= 4 is 0 Å². The number of hydrogen-bond donors (Lipinski definition) is 0. The number of nitrogens with zero attached hydrogens (tertiary/aromatic N) is 5. The van der Waals surface area contributed by atoms with E-state index in [1.165, 1.54) is 10.9 Å². The molecule has 0 radical (unpaired) electrons. The Morgan fingerprint density at radius 3 is 2.86 bits per heavy atom. The van der Waals surface area contributed by atoms with Crippen LogP contribution in [0.4, 0.5) is 4.39 Å². The van der Waals surface area contributed by atoms with Gasteiger partial charge in [-0.1, -0.05) is 6.07 Å². The topological polar surface area (TPSA) is 56.5 Å². The van der Waals surface area contributed by atoms with Gasteiger partial charge in [-0.15, -0.1) is 10.2 Å². The Bertz CT molecular complexity index is 739. The van der Waals surface area contributed by atoms with Crippen LogP contribution in [0.15, 0.2) is 42.6 Å². The van der Waals surface area contributed by atoms with E-state index >= 15 is 0 Å². The van der Waals surface area contributed by atoms with Crippen molar-refractivity contribution in [2.75, 3.05) is 0 Å². The summed E-state index contributed by atoms with van der Waals surface area (Å²) in [4.78, 5) is 5.78. The molecular weight excluding hydrogens is 269 g/mol. The Balaban J connectivity index is 1.72. The summed E-state index contributed by atoms with van der Waals surface area (Å²) >= 11 is 0. The highest BCUT2D eigenvalue weighted by molar-refractivity contribution is 5.55. The first-order valence-electron chi connectivity index (χ1n) is 6.66. The van der Waals surface area contributed by atoms with Gasteiger partial charge in [-0.3, -0.25) is 4.98 Å². The molecule has 21 heavy (non-hydrogen) atoms. The van der Waals surface area contributed by atoms with Gasteiger partial charge in [0.2, 0.25) is 5.82 Å². The van der Waals surface area contributed by atoms with Gasteiger partial charge in [-0.2, -0.15) is 4.80 Å². The van der Waals surface area contributed by atoms with Crippen LogP contribution in [0.25, 0.3) is 11.4 Å². The van der Waals surface area contributed by atoms with Gasteiger partial charge in [-0.05, 0) is 48.0 Å². The molecule has 0 N–H and O–H groups in total. The van der Waals surface area contributed by atoms with Crippen molar-refractivity contribution in [3.05, 3.63) is 59.7 Å². The van der Waals surface area contributed by atoms with Crippen molar-refractivity contribution in [2.24, 2.45) is 0 Å². The van der Waals surface area contributed by atoms with E-state index in [9.17, 15) is 4.39 Å². The monoisotopic (exact) mass is 283 g/mol. The van der Waals surface area contributed by atoms with Gasteiger partial charge < -0.3 is 0 Å². The van der Waals surface area contributed by atoms with Crippen molar-refractivity contribution in [1.29, 1.82) is 0 Å². The molecule has 0 amide bonds. The minimum atomic E-state index is -0.235. The van der Waals surface area contributed by atoms with Gasteiger partial charge in [0.1, 0.15) is 5.82 Å². The fourth-order valence-electron chi connectivity index (χ4n) is 2.00. The zero-order valence-electron chi connectivity index (χ0n) is 11.6. The Hall–Kier alpha value is -2.63. The first kappa shape index (κ1) is 13.4. The lowest BCUT2D eigenvalue weighted by molar-refractivity contribution is 0.519. The number of aryl methyl sites for hydroxylation is 3. The third-order valence-corrected chi connectivity index (χ3v) is 3.16.